The van der Waals surface area contributed by atoms with Crippen molar-refractivity contribution in [3.05, 3.63) is 40.8 Å². The van der Waals surface area contributed by atoms with Crippen LogP contribution in [0.2, 0.25) is 10.3 Å². The minimum Gasteiger partial charge on any atom is -0.338 e. The van der Waals surface area contributed by atoms with Crippen LogP contribution in [0.3, 0.4) is 0 Å². The van der Waals surface area contributed by atoms with Crippen LogP contribution in [0.4, 0.5) is 11.5 Å². The number of aromatic nitrogens is 2. The van der Waals surface area contributed by atoms with E-state index in [9.17, 15) is 4.57 Å². The molecule has 7 heteroatoms. The van der Waals surface area contributed by atoms with E-state index in [1.165, 1.54) is 6.20 Å². The van der Waals surface area contributed by atoms with Crippen LogP contribution in [0.25, 0.3) is 0 Å². The molecule has 0 aliphatic heterocycles. The molecule has 1 aromatic heterocycles. The lowest BCUT2D eigenvalue weighted by Gasteiger charge is -2.15. The lowest BCUT2D eigenvalue weighted by molar-refractivity contribution is 0.588. The number of hydrogen-bond donors (Lipinski definition) is 1. The standard InChI is InChI=1S/C12H12Cl2N3OP.CH4/c1-19(2,18)10-6-4-3-5-9(10)16-11-8(13)7-15-12(14)17-11;/h3-7H,1-2H3,(H,15,16,17);1H4. The largest absolute Gasteiger partial charge is 0.338 e. The number of nitrogens with zero attached hydrogens (tertiary/aromatic N) is 2. The van der Waals surface area contributed by atoms with Gasteiger partial charge >= 0.3 is 0 Å². The Labute approximate surface area is 128 Å². The second-order valence-electron chi connectivity index (χ2n) is 4.33. The molecule has 0 saturated carbocycles. The molecule has 1 heterocycles. The van der Waals surface area contributed by atoms with Gasteiger partial charge in [-0.25, -0.2) is 4.98 Å². The van der Waals surface area contributed by atoms with Crippen molar-refractivity contribution < 1.29 is 4.57 Å². The maximum Gasteiger partial charge on any atom is 0.224 e. The smallest absolute Gasteiger partial charge is 0.224 e. The summed E-state index contributed by atoms with van der Waals surface area (Å²) in [5.41, 5.74) is 0.701. The Morgan fingerprint density at radius 1 is 1.20 bits per heavy atom. The molecule has 2 aromatic rings. The first-order valence-corrected chi connectivity index (χ1v) is 8.83. The summed E-state index contributed by atoms with van der Waals surface area (Å²) in [7, 11) is -2.40. The summed E-state index contributed by atoms with van der Waals surface area (Å²) in [6.07, 6.45) is 1.42. The van der Waals surface area contributed by atoms with Gasteiger partial charge in [0.2, 0.25) is 5.28 Å². The molecular formula is C13H16Cl2N3OP. The zero-order valence-corrected chi connectivity index (χ0v) is 12.8. The summed E-state index contributed by atoms with van der Waals surface area (Å²) in [6, 6.07) is 7.33. The molecule has 0 aliphatic carbocycles. The molecule has 0 fully saturated rings. The highest BCUT2D eigenvalue weighted by molar-refractivity contribution is 7.70. The van der Waals surface area contributed by atoms with Gasteiger partial charge < -0.3 is 9.88 Å². The monoisotopic (exact) mass is 331 g/mol. The van der Waals surface area contributed by atoms with E-state index in [-0.39, 0.29) is 12.7 Å². The van der Waals surface area contributed by atoms with Gasteiger partial charge in [0.25, 0.3) is 0 Å². The maximum atomic E-state index is 12.2. The van der Waals surface area contributed by atoms with Crippen molar-refractivity contribution >= 4 is 47.2 Å². The van der Waals surface area contributed by atoms with Crippen molar-refractivity contribution in [2.45, 2.75) is 7.43 Å². The van der Waals surface area contributed by atoms with E-state index in [1.807, 2.05) is 24.3 Å². The van der Waals surface area contributed by atoms with Crippen LogP contribution in [0.5, 0.6) is 0 Å². The number of para-hydroxylation sites is 1. The normalized spacial score (nSPS) is 10.8. The quantitative estimate of drug-likeness (QED) is 0.668. The Balaban J connectivity index is 0.00000200. The fourth-order valence-corrected chi connectivity index (χ4v) is 3.04. The zero-order valence-electron chi connectivity index (χ0n) is 10.4. The Bertz CT molecular complexity index is 658. The number of rotatable bonds is 3. The van der Waals surface area contributed by atoms with Crippen LogP contribution >= 0.6 is 30.3 Å². The van der Waals surface area contributed by atoms with Crippen molar-refractivity contribution in [3.63, 3.8) is 0 Å². The molecule has 108 valence electrons. The summed E-state index contributed by atoms with van der Waals surface area (Å²) in [5, 5.41) is 4.23. The van der Waals surface area contributed by atoms with Crippen LogP contribution in [0.15, 0.2) is 30.5 Å². The van der Waals surface area contributed by atoms with Gasteiger partial charge in [0, 0.05) is 5.30 Å². The third-order valence-corrected chi connectivity index (χ3v) is 4.46. The first kappa shape index (κ1) is 17.0. The summed E-state index contributed by atoms with van der Waals surface area (Å²) < 4.78 is 12.2. The van der Waals surface area contributed by atoms with Gasteiger partial charge in [-0.05, 0) is 37.1 Å². The molecule has 0 unspecified atom stereocenters. The Kier molecular flexibility index (Phi) is 5.58. The highest BCUT2D eigenvalue weighted by Gasteiger charge is 2.16. The molecule has 1 aromatic carbocycles. The van der Waals surface area contributed by atoms with E-state index in [0.717, 1.165) is 5.30 Å². The summed E-state index contributed by atoms with van der Waals surface area (Å²) in [4.78, 5) is 7.79. The SMILES string of the molecule is C.CP(C)(=O)c1ccccc1Nc1nc(Cl)ncc1Cl. The minimum absolute atomic E-state index is 0. The van der Waals surface area contributed by atoms with Crippen molar-refractivity contribution in [1.29, 1.82) is 0 Å². The number of benzene rings is 1. The van der Waals surface area contributed by atoms with Gasteiger partial charge in [0.1, 0.15) is 12.2 Å². The summed E-state index contributed by atoms with van der Waals surface area (Å²) >= 11 is 11.7. The third kappa shape index (κ3) is 3.95. The van der Waals surface area contributed by atoms with Gasteiger partial charge in [0.05, 0.1) is 11.9 Å². The molecule has 0 bridgehead atoms. The lowest BCUT2D eigenvalue weighted by Crippen LogP contribution is -2.10. The number of nitrogens with one attached hydrogen (secondary N) is 1. The lowest BCUT2D eigenvalue weighted by atomic mass is 10.3. The van der Waals surface area contributed by atoms with E-state index in [4.69, 9.17) is 23.2 Å². The number of anilines is 2. The van der Waals surface area contributed by atoms with Crippen molar-refractivity contribution in [1.82, 2.24) is 9.97 Å². The average Bonchev–Trinajstić information content (AvgIpc) is 2.33. The molecule has 0 saturated heterocycles. The Morgan fingerprint density at radius 2 is 1.85 bits per heavy atom. The number of hydrogen-bond acceptors (Lipinski definition) is 4. The highest BCUT2D eigenvalue weighted by Crippen LogP contribution is 2.38. The topological polar surface area (TPSA) is 54.9 Å². The van der Waals surface area contributed by atoms with Gasteiger partial charge in [-0.15, -0.1) is 0 Å². The van der Waals surface area contributed by atoms with Crippen molar-refractivity contribution in [3.8, 4) is 0 Å². The predicted molar refractivity (Wildman–Crippen MR) is 87.6 cm³/mol. The highest BCUT2D eigenvalue weighted by atomic mass is 35.5. The van der Waals surface area contributed by atoms with Gasteiger partial charge in [-0.2, -0.15) is 4.98 Å². The summed E-state index contributed by atoms with van der Waals surface area (Å²) in [6.45, 7) is 3.42. The molecule has 4 nitrogen and oxygen atoms in total. The predicted octanol–water partition coefficient (Wildman–Crippen LogP) is 4.41. The number of halogens is 2. The Morgan fingerprint density at radius 3 is 2.50 bits per heavy atom. The maximum absolute atomic E-state index is 12.2. The first-order valence-electron chi connectivity index (χ1n) is 5.47. The molecule has 0 radical (unpaired) electrons. The van der Waals surface area contributed by atoms with Crippen LogP contribution in [0, 0.1) is 0 Å². The van der Waals surface area contributed by atoms with E-state index in [2.05, 4.69) is 15.3 Å². The molecule has 0 aliphatic rings. The molecule has 2 rings (SSSR count). The molecule has 1 N–H and O–H groups in total. The fourth-order valence-electron chi connectivity index (χ4n) is 1.61. The van der Waals surface area contributed by atoms with E-state index >= 15 is 0 Å². The fraction of sp³-hybridized carbons (Fsp3) is 0.231. The van der Waals surface area contributed by atoms with E-state index in [1.54, 1.807) is 13.3 Å². The van der Waals surface area contributed by atoms with E-state index < -0.39 is 7.14 Å². The van der Waals surface area contributed by atoms with Crippen LogP contribution < -0.4 is 10.6 Å². The Hall–Kier alpha value is -1.09. The van der Waals surface area contributed by atoms with Crippen molar-refractivity contribution in [2.75, 3.05) is 18.6 Å². The van der Waals surface area contributed by atoms with Crippen molar-refractivity contribution in [2.24, 2.45) is 0 Å². The van der Waals surface area contributed by atoms with E-state index in [0.29, 0.717) is 16.5 Å². The third-order valence-electron chi connectivity index (χ3n) is 2.45. The molecule has 0 amide bonds. The average molecular weight is 332 g/mol. The van der Waals surface area contributed by atoms with Crippen LogP contribution in [0.1, 0.15) is 7.43 Å². The molecule has 0 spiro atoms. The second kappa shape index (κ2) is 6.57. The second-order valence-corrected chi connectivity index (χ2v) is 8.26. The molecular weight excluding hydrogens is 316 g/mol. The van der Waals surface area contributed by atoms with Gasteiger partial charge in [0.15, 0.2) is 5.82 Å². The molecule has 20 heavy (non-hydrogen) atoms. The van der Waals surface area contributed by atoms with Gasteiger partial charge in [-0.1, -0.05) is 31.2 Å². The first-order chi connectivity index (χ1) is 8.88. The van der Waals surface area contributed by atoms with Crippen LogP contribution in [-0.2, 0) is 4.57 Å². The summed E-state index contributed by atoms with van der Waals surface area (Å²) in [5.74, 6) is 0.391. The minimum atomic E-state index is -2.40. The zero-order chi connectivity index (χ0) is 14.0. The molecule has 0 atom stereocenters. The van der Waals surface area contributed by atoms with Crippen LogP contribution in [-0.4, -0.2) is 23.3 Å². The van der Waals surface area contributed by atoms with Gasteiger partial charge in [-0.3, -0.25) is 0 Å².